The number of aromatic nitrogens is 2. The summed E-state index contributed by atoms with van der Waals surface area (Å²) in [6, 6.07) is 10.7. The monoisotopic (exact) mass is 276 g/mol. The lowest BCUT2D eigenvalue weighted by Gasteiger charge is -2.04. The van der Waals surface area contributed by atoms with Crippen LogP contribution in [0.2, 0.25) is 5.15 Å². The third-order valence-corrected chi connectivity index (χ3v) is 3.02. The molecule has 0 radical (unpaired) electrons. The number of hydrogen-bond donors (Lipinski definition) is 0. The molecule has 0 unspecified atom stereocenters. The molecule has 19 heavy (non-hydrogen) atoms. The first-order chi connectivity index (χ1) is 9.15. The van der Waals surface area contributed by atoms with Crippen LogP contribution in [0.1, 0.15) is 0 Å². The molecule has 3 aromatic rings. The van der Waals surface area contributed by atoms with Gasteiger partial charge in [0, 0.05) is 10.9 Å². The molecule has 0 atom stereocenters. The molecule has 0 bridgehead atoms. The molecule has 0 fully saturated rings. The van der Waals surface area contributed by atoms with Gasteiger partial charge in [-0.3, -0.25) is 0 Å². The smallest absolute Gasteiger partial charge is 0.161 e. The van der Waals surface area contributed by atoms with Crippen LogP contribution in [-0.2, 0) is 0 Å². The summed E-state index contributed by atoms with van der Waals surface area (Å²) >= 11 is 6.06. The Morgan fingerprint density at radius 3 is 2.47 bits per heavy atom. The average Bonchev–Trinajstić information content (AvgIpc) is 2.42. The van der Waals surface area contributed by atoms with Crippen LogP contribution in [0.5, 0.6) is 0 Å². The molecule has 5 heteroatoms. The second-order valence-corrected chi connectivity index (χ2v) is 4.34. The highest BCUT2D eigenvalue weighted by atomic mass is 35.5. The molecule has 0 amide bonds. The lowest BCUT2D eigenvalue weighted by molar-refractivity contribution is 0.509. The highest BCUT2D eigenvalue weighted by Gasteiger charge is 2.10. The molecule has 2 nitrogen and oxygen atoms in total. The van der Waals surface area contributed by atoms with Crippen LogP contribution < -0.4 is 0 Å². The Morgan fingerprint density at radius 2 is 1.68 bits per heavy atom. The van der Waals surface area contributed by atoms with Crippen LogP contribution in [0, 0.1) is 11.6 Å². The largest absolute Gasteiger partial charge is 0.228 e. The molecule has 0 saturated heterocycles. The van der Waals surface area contributed by atoms with E-state index < -0.39 is 11.6 Å². The number of fused-ring (bicyclic) bond motifs is 1. The number of hydrogen-bond acceptors (Lipinski definition) is 2. The zero-order chi connectivity index (χ0) is 13.4. The molecule has 0 spiro atoms. The van der Waals surface area contributed by atoms with Crippen molar-refractivity contribution in [3.05, 3.63) is 59.3 Å². The fraction of sp³-hybridized carbons (Fsp3) is 0. The summed E-state index contributed by atoms with van der Waals surface area (Å²) in [7, 11) is 0. The van der Waals surface area contributed by atoms with Gasteiger partial charge in [0.15, 0.2) is 17.5 Å². The van der Waals surface area contributed by atoms with Crippen LogP contribution >= 0.6 is 11.6 Å². The van der Waals surface area contributed by atoms with Crippen molar-refractivity contribution in [3.63, 3.8) is 0 Å². The Labute approximate surface area is 112 Å². The van der Waals surface area contributed by atoms with Gasteiger partial charge in [-0.15, -0.1) is 0 Å². The average molecular weight is 277 g/mol. The van der Waals surface area contributed by atoms with Crippen LogP contribution in [0.25, 0.3) is 22.3 Å². The first kappa shape index (κ1) is 12.0. The van der Waals surface area contributed by atoms with Gasteiger partial charge in [0.2, 0.25) is 0 Å². The highest BCUT2D eigenvalue weighted by molar-refractivity contribution is 6.34. The minimum atomic E-state index is -0.939. The van der Waals surface area contributed by atoms with E-state index in [1.807, 2.05) is 12.1 Å². The van der Waals surface area contributed by atoms with E-state index in [0.29, 0.717) is 11.1 Å². The molecule has 94 valence electrons. The fourth-order valence-electron chi connectivity index (χ4n) is 1.80. The van der Waals surface area contributed by atoms with Crippen LogP contribution in [-0.4, -0.2) is 9.97 Å². The molecule has 0 N–H and O–H groups in total. The third-order valence-electron chi connectivity index (χ3n) is 2.73. The second-order valence-electron chi connectivity index (χ2n) is 3.98. The van der Waals surface area contributed by atoms with E-state index in [1.54, 1.807) is 12.1 Å². The SMILES string of the molecule is Fc1ccc(-c2nc(Cl)c3ccccc3n2)cc1F. The normalized spacial score (nSPS) is 10.9. The van der Waals surface area contributed by atoms with Crippen molar-refractivity contribution in [2.24, 2.45) is 0 Å². The minimum Gasteiger partial charge on any atom is -0.228 e. The molecule has 1 aromatic heterocycles. The molecule has 1 heterocycles. The fourth-order valence-corrected chi connectivity index (χ4v) is 2.04. The van der Waals surface area contributed by atoms with Gasteiger partial charge in [-0.25, -0.2) is 18.7 Å². The van der Waals surface area contributed by atoms with E-state index >= 15 is 0 Å². The van der Waals surface area contributed by atoms with Gasteiger partial charge in [0.05, 0.1) is 5.52 Å². The van der Waals surface area contributed by atoms with Crippen molar-refractivity contribution in [1.82, 2.24) is 9.97 Å². The van der Waals surface area contributed by atoms with E-state index in [-0.39, 0.29) is 11.0 Å². The zero-order valence-corrected chi connectivity index (χ0v) is 10.3. The Morgan fingerprint density at radius 1 is 0.895 bits per heavy atom. The summed E-state index contributed by atoms with van der Waals surface area (Å²) in [6.45, 7) is 0. The van der Waals surface area contributed by atoms with Gasteiger partial charge < -0.3 is 0 Å². The molecular weight excluding hydrogens is 270 g/mol. The van der Waals surface area contributed by atoms with Gasteiger partial charge in [0.25, 0.3) is 0 Å². The summed E-state index contributed by atoms with van der Waals surface area (Å²) in [5.74, 6) is -1.58. The lowest BCUT2D eigenvalue weighted by Crippen LogP contribution is -1.93. The van der Waals surface area contributed by atoms with Crippen LogP contribution in [0.3, 0.4) is 0 Å². The third kappa shape index (κ3) is 2.15. The van der Waals surface area contributed by atoms with Crippen molar-refractivity contribution in [3.8, 4) is 11.4 Å². The highest BCUT2D eigenvalue weighted by Crippen LogP contribution is 2.25. The molecule has 3 rings (SSSR count). The van der Waals surface area contributed by atoms with Gasteiger partial charge in [-0.2, -0.15) is 0 Å². The maximum atomic E-state index is 13.2. The topological polar surface area (TPSA) is 25.8 Å². The quantitative estimate of drug-likeness (QED) is 0.622. The van der Waals surface area contributed by atoms with Gasteiger partial charge in [-0.1, -0.05) is 23.7 Å². The Kier molecular flexibility index (Phi) is 2.87. The first-order valence-electron chi connectivity index (χ1n) is 5.53. The summed E-state index contributed by atoms with van der Waals surface area (Å²) in [4.78, 5) is 8.40. The molecule has 0 saturated carbocycles. The zero-order valence-electron chi connectivity index (χ0n) is 9.57. The van der Waals surface area contributed by atoms with Crippen LogP contribution in [0.4, 0.5) is 8.78 Å². The Balaban J connectivity index is 2.22. The Bertz CT molecular complexity index is 774. The molecule has 2 aromatic carbocycles. The number of para-hydroxylation sites is 1. The predicted molar refractivity (Wildman–Crippen MR) is 69.9 cm³/mol. The second kappa shape index (κ2) is 4.55. The predicted octanol–water partition coefficient (Wildman–Crippen LogP) is 4.23. The summed E-state index contributed by atoms with van der Waals surface area (Å²) in [5, 5.41) is 1.00. The lowest BCUT2D eigenvalue weighted by atomic mass is 10.2. The standard InChI is InChI=1S/C14H7ClF2N2/c15-13-9-3-1-2-4-12(9)18-14(19-13)8-5-6-10(16)11(17)7-8/h1-7H. The minimum absolute atomic E-state index is 0.266. The maximum absolute atomic E-state index is 13.2. The van der Waals surface area contributed by atoms with Crippen molar-refractivity contribution in [1.29, 1.82) is 0 Å². The van der Waals surface area contributed by atoms with E-state index in [9.17, 15) is 8.78 Å². The van der Waals surface area contributed by atoms with Crippen molar-refractivity contribution in [2.45, 2.75) is 0 Å². The molecular formula is C14H7ClF2N2. The van der Waals surface area contributed by atoms with E-state index in [4.69, 9.17) is 11.6 Å². The number of benzene rings is 2. The van der Waals surface area contributed by atoms with E-state index in [1.165, 1.54) is 6.07 Å². The number of nitrogens with zero attached hydrogens (tertiary/aromatic N) is 2. The van der Waals surface area contributed by atoms with Gasteiger partial charge in [0.1, 0.15) is 5.15 Å². The van der Waals surface area contributed by atoms with Gasteiger partial charge in [-0.05, 0) is 30.3 Å². The molecule has 0 aliphatic heterocycles. The number of halogens is 3. The van der Waals surface area contributed by atoms with Crippen molar-refractivity contribution < 1.29 is 8.78 Å². The van der Waals surface area contributed by atoms with Crippen LogP contribution in [0.15, 0.2) is 42.5 Å². The number of rotatable bonds is 1. The molecule has 0 aliphatic carbocycles. The molecule has 0 aliphatic rings. The van der Waals surface area contributed by atoms with Crippen molar-refractivity contribution in [2.75, 3.05) is 0 Å². The summed E-state index contributed by atoms with van der Waals surface area (Å²) < 4.78 is 26.1. The van der Waals surface area contributed by atoms with Crippen molar-refractivity contribution >= 4 is 22.5 Å². The van der Waals surface area contributed by atoms with Gasteiger partial charge >= 0.3 is 0 Å². The summed E-state index contributed by atoms with van der Waals surface area (Å²) in [5.41, 5.74) is 1.04. The first-order valence-corrected chi connectivity index (χ1v) is 5.90. The Hall–Kier alpha value is -2.07. The summed E-state index contributed by atoms with van der Waals surface area (Å²) in [6.07, 6.45) is 0. The van der Waals surface area contributed by atoms with E-state index in [2.05, 4.69) is 9.97 Å². The maximum Gasteiger partial charge on any atom is 0.161 e. The van der Waals surface area contributed by atoms with E-state index in [0.717, 1.165) is 17.5 Å².